The van der Waals surface area contributed by atoms with Crippen LogP contribution in [0.25, 0.3) is 10.8 Å². The molecule has 3 heteroatoms. The van der Waals surface area contributed by atoms with Gasteiger partial charge in [0.1, 0.15) is 5.75 Å². The number of hydrogen-bond acceptors (Lipinski definition) is 2. The van der Waals surface area contributed by atoms with Crippen molar-refractivity contribution in [1.29, 1.82) is 0 Å². The number of carboxylic acids is 1. The highest BCUT2D eigenvalue weighted by molar-refractivity contribution is 5.86. The quantitative estimate of drug-likeness (QED) is 0.791. The van der Waals surface area contributed by atoms with Gasteiger partial charge < -0.3 is 9.84 Å². The molecule has 0 radical (unpaired) electrons. The molecule has 0 bridgehead atoms. The number of rotatable bonds is 1. The van der Waals surface area contributed by atoms with Gasteiger partial charge in [-0.3, -0.25) is 0 Å². The highest BCUT2D eigenvalue weighted by atomic mass is 16.5. The zero-order chi connectivity index (χ0) is 11.1. The summed E-state index contributed by atoms with van der Waals surface area (Å²) in [6, 6.07) is 11.9. The van der Waals surface area contributed by atoms with Gasteiger partial charge in [0.25, 0.3) is 0 Å². The standard InChI is InChI=1S/C13H10O3/c14-13(15)12-7-10-5-8-3-1-2-4-9(8)6-11(10)16-12/h1-6,12H,7H2,(H,14,15). The van der Waals surface area contributed by atoms with Gasteiger partial charge in [0, 0.05) is 6.42 Å². The zero-order valence-electron chi connectivity index (χ0n) is 8.51. The largest absolute Gasteiger partial charge is 0.478 e. The molecule has 1 heterocycles. The smallest absolute Gasteiger partial charge is 0.345 e. The summed E-state index contributed by atoms with van der Waals surface area (Å²) in [6.07, 6.45) is -0.276. The van der Waals surface area contributed by atoms with E-state index in [2.05, 4.69) is 0 Å². The third-order valence-electron chi connectivity index (χ3n) is 2.88. The van der Waals surface area contributed by atoms with Crippen LogP contribution >= 0.6 is 0 Å². The first-order valence-electron chi connectivity index (χ1n) is 5.15. The van der Waals surface area contributed by atoms with Crippen LogP contribution in [0.2, 0.25) is 0 Å². The Morgan fingerprint density at radius 2 is 1.94 bits per heavy atom. The number of hydrogen-bond donors (Lipinski definition) is 1. The Labute approximate surface area is 92.3 Å². The molecule has 0 saturated heterocycles. The van der Waals surface area contributed by atoms with Gasteiger partial charge in [-0.15, -0.1) is 0 Å². The van der Waals surface area contributed by atoms with Crippen LogP contribution in [0, 0.1) is 0 Å². The van der Waals surface area contributed by atoms with Gasteiger partial charge in [-0.05, 0) is 28.5 Å². The van der Waals surface area contributed by atoms with E-state index in [0.717, 1.165) is 16.3 Å². The summed E-state index contributed by atoms with van der Waals surface area (Å²) in [5, 5.41) is 11.1. The summed E-state index contributed by atoms with van der Waals surface area (Å²) in [5.41, 5.74) is 0.978. The maximum Gasteiger partial charge on any atom is 0.345 e. The van der Waals surface area contributed by atoms with Gasteiger partial charge in [0.2, 0.25) is 0 Å². The topological polar surface area (TPSA) is 46.5 Å². The molecule has 3 nitrogen and oxygen atoms in total. The van der Waals surface area contributed by atoms with Crippen molar-refractivity contribution >= 4 is 16.7 Å². The van der Waals surface area contributed by atoms with E-state index in [1.165, 1.54) is 0 Å². The van der Waals surface area contributed by atoms with Gasteiger partial charge in [0.05, 0.1) is 0 Å². The molecular weight excluding hydrogens is 204 g/mol. The molecule has 1 aliphatic heterocycles. The van der Waals surface area contributed by atoms with Gasteiger partial charge >= 0.3 is 5.97 Å². The molecule has 0 amide bonds. The molecular formula is C13H10O3. The number of fused-ring (bicyclic) bond motifs is 2. The van der Waals surface area contributed by atoms with Crippen LogP contribution in [0.5, 0.6) is 5.75 Å². The molecule has 80 valence electrons. The Morgan fingerprint density at radius 3 is 2.62 bits per heavy atom. The predicted molar refractivity (Wildman–Crippen MR) is 59.7 cm³/mol. The molecule has 0 fully saturated rings. The molecule has 0 spiro atoms. The van der Waals surface area contributed by atoms with Gasteiger partial charge in [-0.25, -0.2) is 4.79 Å². The van der Waals surface area contributed by atoms with E-state index >= 15 is 0 Å². The van der Waals surface area contributed by atoms with Crippen molar-refractivity contribution in [2.45, 2.75) is 12.5 Å². The lowest BCUT2D eigenvalue weighted by Crippen LogP contribution is -2.24. The lowest BCUT2D eigenvalue weighted by molar-refractivity contribution is -0.144. The number of benzene rings is 2. The minimum absolute atomic E-state index is 0.454. The molecule has 2 aromatic carbocycles. The van der Waals surface area contributed by atoms with E-state index in [4.69, 9.17) is 9.84 Å². The van der Waals surface area contributed by atoms with E-state index in [1.54, 1.807) is 0 Å². The molecule has 0 saturated carbocycles. The Hall–Kier alpha value is -2.03. The third-order valence-corrected chi connectivity index (χ3v) is 2.88. The fourth-order valence-electron chi connectivity index (χ4n) is 2.07. The number of carboxylic acid groups (broad SMARTS) is 1. The summed E-state index contributed by atoms with van der Waals surface area (Å²) in [6.45, 7) is 0. The molecule has 1 N–H and O–H groups in total. The monoisotopic (exact) mass is 214 g/mol. The lowest BCUT2D eigenvalue weighted by atomic mass is 10.0. The Morgan fingerprint density at radius 1 is 1.25 bits per heavy atom. The normalized spacial score (nSPS) is 18.1. The number of ether oxygens (including phenoxy) is 1. The second kappa shape index (κ2) is 3.23. The van der Waals surface area contributed by atoms with Crippen LogP contribution in [-0.4, -0.2) is 17.2 Å². The Kier molecular flexibility index (Phi) is 1.86. The van der Waals surface area contributed by atoms with E-state index in [9.17, 15) is 4.79 Å². The first kappa shape index (κ1) is 9.21. The summed E-state index contributed by atoms with van der Waals surface area (Å²) in [7, 11) is 0. The molecule has 16 heavy (non-hydrogen) atoms. The van der Waals surface area contributed by atoms with E-state index in [0.29, 0.717) is 12.2 Å². The van der Waals surface area contributed by atoms with Crippen LogP contribution in [0.15, 0.2) is 36.4 Å². The molecule has 1 unspecified atom stereocenters. The van der Waals surface area contributed by atoms with Crippen molar-refractivity contribution in [3.63, 3.8) is 0 Å². The van der Waals surface area contributed by atoms with Crippen LogP contribution in [0.3, 0.4) is 0 Å². The van der Waals surface area contributed by atoms with E-state index in [-0.39, 0.29) is 0 Å². The van der Waals surface area contributed by atoms with Crippen LogP contribution in [0.1, 0.15) is 5.56 Å². The van der Waals surface area contributed by atoms with E-state index in [1.807, 2.05) is 36.4 Å². The molecule has 2 aromatic rings. The highest BCUT2D eigenvalue weighted by Gasteiger charge is 2.28. The first-order chi connectivity index (χ1) is 7.74. The maximum absolute atomic E-state index is 10.8. The second-order valence-corrected chi connectivity index (χ2v) is 3.96. The van der Waals surface area contributed by atoms with E-state index < -0.39 is 12.1 Å². The molecule has 1 aliphatic rings. The third kappa shape index (κ3) is 1.33. The van der Waals surface area contributed by atoms with Crippen LogP contribution < -0.4 is 4.74 Å². The summed E-state index contributed by atoms with van der Waals surface area (Å²) < 4.78 is 5.38. The SMILES string of the molecule is O=C(O)C1Cc2cc3ccccc3cc2O1. The Bertz CT molecular complexity index is 530. The summed E-state index contributed by atoms with van der Waals surface area (Å²) in [4.78, 5) is 10.8. The fourth-order valence-corrected chi connectivity index (χ4v) is 2.07. The van der Waals surface area contributed by atoms with Gasteiger partial charge in [-0.2, -0.15) is 0 Å². The van der Waals surface area contributed by atoms with Gasteiger partial charge in [0.15, 0.2) is 6.10 Å². The molecule has 0 aromatic heterocycles. The van der Waals surface area contributed by atoms with Crippen molar-refractivity contribution in [2.24, 2.45) is 0 Å². The summed E-state index contributed by atoms with van der Waals surface area (Å²) in [5.74, 6) is -0.202. The average molecular weight is 214 g/mol. The van der Waals surface area contributed by atoms with Crippen molar-refractivity contribution in [2.75, 3.05) is 0 Å². The lowest BCUT2D eigenvalue weighted by Gasteiger charge is -2.04. The number of carbonyl (C=O) groups is 1. The van der Waals surface area contributed by atoms with Crippen LogP contribution in [0.4, 0.5) is 0 Å². The zero-order valence-corrected chi connectivity index (χ0v) is 8.51. The Balaban J connectivity index is 2.11. The average Bonchev–Trinajstić information content (AvgIpc) is 2.68. The minimum Gasteiger partial charge on any atom is -0.478 e. The fraction of sp³-hybridized carbons (Fsp3) is 0.154. The van der Waals surface area contributed by atoms with Crippen LogP contribution in [-0.2, 0) is 11.2 Å². The first-order valence-corrected chi connectivity index (χ1v) is 5.15. The summed E-state index contributed by atoms with van der Waals surface area (Å²) >= 11 is 0. The predicted octanol–water partition coefficient (Wildman–Crippen LogP) is 2.23. The van der Waals surface area contributed by atoms with Crippen molar-refractivity contribution in [3.05, 3.63) is 42.0 Å². The number of aliphatic carboxylic acids is 1. The van der Waals surface area contributed by atoms with Crippen molar-refractivity contribution < 1.29 is 14.6 Å². The highest BCUT2D eigenvalue weighted by Crippen LogP contribution is 2.32. The van der Waals surface area contributed by atoms with Crippen molar-refractivity contribution in [1.82, 2.24) is 0 Å². The minimum atomic E-state index is -0.903. The molecule has 0 aliphatic carbocycles. The maximum atomic E-state index is 10.8. The molecule has 1 atom stereocenters. The van der Waals surface area contributed by atoms with Crippen molar-refractivity contribution in [3.8, 4) is 5.75 Å². The molecule has 3 rings (SSSR count). The second-order valence-electron chi connectivity index (χ2n) is 3.96. The van der Waals surface area contributed by atoms with Gasteiger partial charge in [-0.1, -0.05) is 24.3 Å².